The van der Waals surface area contributed by atoms with Gasteiger partial charge < -0.3 is 18.9 Å². The Labute approximate surface area is 457 Å². The van der Waals surface area contributed by atoms with E-state index in [-0.39, 0.29) is 93.6 Å². The number of carbonyl (C=O) groups is 4. The lowest BCUT2D eigenvalue weighted by Crippen LogP contribution is -2.43. The molecule has 0 amide bonds. The molecular weight excluding hydrogens is 1130 g/mol. The maximum Gasteiger partial charge on any atom is 0.427 e. The van der Waals surface area contributed by atoms with Gasteiger partial charge in [0.2, 0.25) is 11.2 Å². The quantitative estimate of drug-likeness (QED) is 0.0460. The number of alkyl halides is 6. The van der Waals surface area contributed by atoms with E-state index in [1.54, 1.807) is 27.7 Å². The number of fused-ring (bicyclic) bond motifs is 2. The second kappa shape index (κ2) is 25.2. The first-order chi connectivity index (χ1) is 36.2. The van der Waals surface area contributed by atoms with Crippen molar-refractivity contribution >= 4 is 78.5 Å². The highest BCUT2D eigenvalue weighted by atomic mass is 35.5. The first-order valence-corrected chi connectivity index (χ1v) is 28.2. The highest BCUT2D eigenvalue weighted by Crippen LogP contribution is 2.40. The third kappa shape index (κ3) is 15.3. The van der Waals surface area contributed by atoms with Crippen LogP contribution in [-0.4, -0.2) is 120 Å². The molecule has 0 aromatic carbocycles. The smallest absolute Gasteiger partial charge is 0.427 e. The molecule has 0 saturated heterocycles. The number of hydrogen-bond acceptors (Lipinski definition) is 16. The number of aromatic nitrogens is 6. The van der Waals surface area contributed by atoms with E-state index in [1.165, 1.54) is 46.3 Å². The third-order valence-corrected chi connectivity index (χ3v) is 16.8. The van der Waals surface area contributed by atoms with Gasteiger partial charge >= 0.3 is 36.2 Å². The number of anilines is 2. The van der Waals surface area contributed by atoms with Crippen molar-refractivity contribution < 1.29 is 81.3 Å². The van der Waals surface area contributed by atoms with Gasteiger partial charge in [0, 0.05) is 63.8 Å². The molecular formula is C48H60Cl2F6N8O12S2. The topological polar surface area (TPSA) is 241 Å². The Kier molecular flexibility index (Phi) is 20.3. The summed E-state index contributed by atoms with van der Waals surface area (Å²) in [5.74, 6) is -3.71. The van der Waals surface area contributed by atoms with Crippen LogP contribution >= 0.6 is 23.2 Å². The third-order valence-electron chi connectivity index (χ3n) is 12.4. The number of sulfonamides is 2. The van der Waals surface area contributed by atoms with Gasteiger partial charge in [-0.1, -0.05) is 23.2 Å². The molecule has 78 heavy (non-hydrogen) atoms. The number of aryl methyl sites for hydroxylation is 2. The minimum absolute atomic E-state index is 0.0287. The van der Waals surface area contributed by atoms with Crippen LogP contribution in [0.2, 0.25) is 10.3 Å². The number of hydrogen-bond donors (Lipinski definition) is 0. The SMILES string of the molecule is CCOC(=O)CC[C@@H]1Cc2ncc(CC(=O)OC(C)(C)C(F)(F)F)cc2N(S(=O)(=O)c2cn(CC)nc2Cl)C1.CCOC(=O)CC[C@H]1Cc2ncc(CC(=O)OC(C)(C)C(F)(F)F)cc2N(S(=O)(=O)c2cn(CC)nc2Cl)C1. The lowest BCUT2D eigenvalue weighted by Gasteiger charge is -2.34. The van der Waals surface area contributed by atoms with E-state index in [0.29, 0.717) is 50.2 Å². The molecule has 432 valence electrons. The summed E-state index contributed by atoms with van der Waals surface area (Å²) in [5.41, 5.74) is -4.01. The van der Waals surface area contributed by atoms with Crippen LogP contribution in [0.3, 0.4) is 0 Å². The van der Waals surface area contributed by atoms with E-state index < -0.39 is 80.3 Å². The van der Waals surface area contributed by atoms with Gasteiger partial charge in [-0.3, -0.25) is 47.1 Å². The molecule has 0 saturated carbocycles. The van der Waals surface area contributed by atoms with Gasteiger partial charge in [-0.2, -0.15) is 36.5 Å². The Balaban J connectivity index is 0.000000287. The fraction of sp³-hybridized carbons (Fsp3) is 0.583. The molecule has 30 heteroatoms. The largest absolute Gasteiger partial charge is 0.466 e. The van der Waals surface area contributed by atoms with Crippen LogP contribution in [0.15, 0.2) is 46.7 Å². The fourth-order valence-corrected chi connectivity index (χ4v) is 12.1. The lowest BCUT2D eigenvalue weighted by molar-refractivity contribution is -0.257. The summed E-state index contributed by atoms with van der Waals surface area (Å²) in [6.45, 7) is 11.0. The zero-order chi connectivity index (χ0) is 58.3. The summed E-state index contributed by atoms with van der Waals surface area (Å²) in [6, 6.07) is 2.78. The van der Waals surface area contributed by atoms with Gasteiger partial charge in [0.25, 0.3) is 20.0 Å². The molecule has 0 bridgehead atoms. The summed E-state index contributed by atoms with van der Waals surface area (Å²) in [4.78, 5) is 56.6. The molecule has 6 heterocycles. The standard InChI is InChI=1S/2C24H30ClF3N4O6S/c2*1-5-31-14-19(22(25)30-31)39(35,36)32-13-15(7-8-20(33)37-6-2)9-17-18(32)10-16(12-29-17)11-21(34)38-23(3,4)24(26,27)28/h2*10,12,14-15H,5-9,11,13H2,1-4H3/t2*15-/m10/s1. The van der Waals surface area contributed by atoms with Crippen molar-refractivity contribution in [1.29, 1.82) is 0 Å². The molecule has 6 rings (SSSR count). The monoisotopic (exact) mass is 1190 g/mol. The number of carbonyl (C=O) groups excluding carboxylic acids is 4. The van der Waals surface area contributed by atoms with Crippen molar-refractivity contribution in [1.82, 2.24) is 29.5 Å². The van der Waals surface area contributed by atoms with Gasteiger partial charge in [0.05, 0.1) is 48.8 Å². The molecule has 0 fully saturated rings. The van der Waals surface area contributed by atoms with Gasteiger partial charge in [-0.15, -0.1) is 0 Å². The van der Waals surface area contributed by atoms with Crippen molar-refractivity contribution in [2.75, 3.05) is 34.9 Å². The molecule has 0 spiro atoms. The minimum Gasteiger partial charge on any atom is -0.466 e. The highest BCUT2D eigenvalue weighted by Gasteiger charge is 2.52. The molecule has 2 atom stereocenters. The van der Waals surface area contributed by atoms with E-state index in [4.69, 9.17) is 32.7 Å². The summed E-state index contributed by atoms with van der Waals surface area (Å²) in [7, 11) is -8.55. The number of nitrogens with zero attached hydrogens (tertiary/aromatic N) is 8. The van der Waals surface area contributed by atoms with E-state index >= 15 is 0 Å². The highest BCUT2D eigenvalue weighted by molar-refractivity contribution is 7.93. The number of rotatable bonds is 20. The second-order valence-corrected chi connectivity index (χ2v) is 23.5. The Morgan fingerprint density at radius 1 is 0.603 bits per heavy atom. The molecule has 20 nitrogen and oxygen atoms in total. The summed E-state index contributed by atoms with van der Waals surface area (Å²) < 4.78 is 158. The van der Waals surface area contributed by atoms with Crippen LogP contribution in [0, 0.1) is 11.8 Å². The second-order valence-electron chi connectivity index (χ2n) is 19.1. The van der Waals surface area contributed by atoms with E-state index in [9.17, 15) is 62.4 Å². The van der Waals surface area contributed by atoms with Gasteiger partial charge in [0.1, 0.15) is 9.79 Å². The summed E-state index contributed by atoms with van der Waals surface area (Å²) in [6.07, 6.45) is -4.02. The fourth-order valence-electron chi connectivity index (χ4n) is 8.04. The van der Waals surface area contributed by atoms with Gasteiger partial charge in [0.15, 0.2) is 10.3 Å². The Morgan fingerprint density at radius 3 is 1.24 bits per heavy atom. The number of halogens is 8. The number of pyridine rings is 2. The first-order valence-electron chi connectivity index (χ1n) is 24.5. The van der Waals surface area contributed by atoms with Crippen molar-refractivity contribution in [3.05, 3.63) is 69.7 Å². The van der Waals surface area contributed by atoms with Gasteiger partial charge in [-0.25, -0.2) is 16.8 Å². The van der Waals surface area contributed by atoms with Crippen molar-refractivity contribution in [3.63, 3.8) is 0 Å². The van der Waals surface area contributed by atoms with Crippen molar-refractivity contribution in [2.45, 2.75) is 153 Å². The Morgan fingerprint density at radius 2 is 0.949 bits per heavy atom. The van der Waals surface area contributed by atoms with Crippen LogP contribution in [0.5, 0.6) is 0 Å². The number of esters is 4. The van der Waals surface area contributed by atoms with Crippen molar-refractivity contribution in [3.8, 4) is 0 Å². The Bertz CT molecular complexity index is 2860. The molecule has 0 unspecified atom stereocenters. The lowest BCUT2D eigenvalue weighted by atomic mass is 9.93. The summed E-state index contributed by atoms with van der Waals surface area (Å²) >= 11 is 12.3. The minimum atomic E-state index is -4.78. The Hall–Kier alpha value is -5.74. The van der Waals surface area contributed by atoms with Crippen LogP contribution in [0.4, 0.5) is 37.7 Å². The van der Waals surface area contributed by atoms with Crippen LogP contribution < -0.4 is 8.61 Å². The predicted molar refractivity (Wildman–Crippen MR) is 269 cm³/mol. The molecule has 4 aromatic rings. The van der Waals surface area contributed by atoms with Crippen LogP contribution in [-0.2, 0) is 96.9 Å². The zero-order valence-corrected chi connectivity index (χ0v) is 47.0. The average molecular weight is 1190 g/mol. The van der Waals surface area contributed by atoms with Crippen molar-refractivity contribution in [2.24, 2.45) is 11.8 Å². The van der Waals surface area contributed by atoms with Crippen LogP contribution in [0.25, 0.3) is 0 Å². The number of ether oxygens (including phenoxy) is 4. The zero-order valence-electron chi connectivity index (χ0n) is 43.8. The van der Waals surface area contributed by atoms with Gasteiger partial charge in [-0.05, 0) is 116 Å². The predicted octanol–water partition coefficient (Wildman–Crippen LogP) is 8.18. The molecule has 0 aliphatic carbocycles. The van der Waals surface area contributed by atoms with Crippen LogP contribution in [0.1, 0.15) is 104 Å². The van der Waals surface area contributed by atoms with E-state index in [0.717, 1.165) is 36.3 Å². The van der Waals surface area contributed by atoms with E-state index in [2.05, 4.69) is 29.6 Å². The molecule has 0 radical (unpaired) electrons. The maximum absolute atomic E-state index is 13.8. The maximum atomic E-state index is 13.8. The molecule has 2 aliphatic rings. The molecule has 2 aliphatic heterocycles. The first kappa shape index (κ1) is 63.1. The normalized spacial score (nSPS) is 16.1. The average Bonchev–Trinajstić information content (AvgIpc) is 3.93. The summed E-state index contributed by atoms with van der Waals surface area (Å²) in [5, 5.41) is 7.55. The molecule has 0 N–H and O–H groups in total. The van der Waals surface area contributed by atoms with E-state index in [1.807, 2.05) is 0 Å². The molecule has 4 aromatic heterocycles.